The van der Waals surface area contributed by atoms with E-state index in [0.29, 0.717) is 33.6 Å². The molecule has 0 radical (unpaired) electrons. The van der Waals surface area contributed by atoms with Crippen LogP contribution in [-0.4, -0.2) is 15.4 Å². The summed E-state index contributed by atoms with van der Waals surface area (Å²) in [6.07, 6.45) is 1.71. The molecular formula is C24H17N3O3. The second kappa shape index (κ2) is 8.02. The number of rotatable bonds is 4. The SMILES string of the molecule is Cc1ccc2nc(COC(=O)c3ccccc3-c3ccccc3C#N)cc(=O)n2c1. The summed E-state index contributed by atoms with van der Waals surface area (Å²) in [7, 11) is 0. The fraction of sp³-hybridized carbons (Fsp3) is 0.0833. The molecule has 0 spiro atoms. The van der Waals surface area contributed by atoms with E-state index in [0.717, 1.165) is 5.56 Å². The Morgan fingerprint density at radius 3 is 2.60 bits per heavy atom. The van der Waals surface area contributed by atoms with Crippen molar-refractivity contribution in [3.05, 3.63) is 106 Å². The molecule has 0 saturated heterocycles. The number of aromatic nitrogens is 2. The Bertz CT molecular complexity index is 1370. The molecule has 0 saturated carbocycles. The van der Waals surface area contributed by atoms with Crippen molar-refractivity contribution in [2.45, 2.75) is 13.5 Å². The number of nitriles is 1. The Morgan fingerprint density at radius 1 is 1.07 bits per heavy atom. The summed E-state index contributed by atoms with van der Waals surface area (Å²) in [6, 6.07) is 21.1. The Kier molecular flexibility index (Phi) is 5.10. The second-order valence-corrected chi connectivity index (χ2v) is 6.80. The molecule has 0 aliphatic rings. The first-order valence-electron chi connectivity index (χ1n) is 9.31. The molecule has 2 heterocycles. The lowest BCUT2D eigenvalue weighted by Gasteiger charge is -2.11. The molecule has 0 amide bonds. The van der Waals surface area contributed by atoms with Gasteiger partial charge in [0.2, 0.25) is 0 Å². The lowest BCUT2D eigenvalue weighted by atomic mass is 9.96. The largest absolute Gasteiger partial charge is 0.456 e. The minimum absolute atomic E-state index is 0.132. The second-order valence-electron chi connectivity index (χ2n) is 6.80. The number of pyridine rings is 1. The molecule has 4 rings (SSSR count). The smallest absolute Gasteiger partial charge is 0.339 e. The van der Waals surface area contributed by atoms with Crippen LogP contribution >= 0.6 is 0 Å². The predicted molar refractivity (Wildman–Crippen MR) is 112 cm³/mol. The average Bonchev–Trinajstić information content (AvgIpc) is 2.78. The van der Waals surface area contributed by atoms with E-state index in [1.807, 2.05) is 19.1 Å². The van der Waals surface area contributed by atoms with Crippen LogP contribution in [0, 0.1) is 18.3 Å². The predicted octanol–water partition coefficient (Wildman–Crippen LogP) is 3.90. The molecule has 6 heteroatoms. The number of hydrogen-bond acceptors (Lipinski definition) is 5. The van der Waals surface area contributed by atoms with Crippen LogP contribution in [0.3, 0.4) is 0 Å². The number of aryl methyl sites for hydroxylation is 1. The molecule has 0 aliphatic heterocycles. The van der Waals surface area contributed by atoms with Crippen LogP contribution in [0.1, 0.15) is 27.2 Å². The number of benzene rings is 2. The highest BCUT2D eigenvalue weighted by molar-refractivity contribution is 5.98. The van der Waals surface area contributed by atoms with Gasteiger partial charge in [-0.2, -0.15) is 5.26 Å². The number of hydrogen-bond donors (Lipinski definition) is 0. The van der Waals surface area contributed by atoms with Gasteiger partial charge in [-0.15, -0.1) is 0 Å². The highest BCUT2D eigenvalue weighted by atomic mass is 16.5. The molecule has 2 aromatic carbocycles. The van der Waals surface area contributed by atoms with Crippen molar-refractivity contribution in [3.8, 4) is 17.2 Å². The Labute approximate surface area is 172 Å². The fourth-order valence-electron chi connectivity index (χ4n) is 3.26. The van der Waals surface area contributed by atoms with E-state index in [9.17, 15) is 14.9 Å². The minimum Gasteiger partial charge on any atom is -0.456 e. The monoisotopic (exact) mass is 395 g/mol. The third-order valence-electron chi connectivity index (χ3n) is 4.70. The maximum absolute atomic E-state index is 12.8. The molecule has 4 aromatic rings. The van der Waals surface area contributed by atoms with Crippen LogP contribution in [0.15, 0.2) is 77.7 Å². The van der Waals surface area contributed by atoms with E-state index in [1.165, 1.54) is 10.5 Å². The minimum atomic E-state index is -0.552. The number of fused-ring (bicyclic) bond motifs is 1. The summed E-state index contributed by atoms with van der Waals surface area (Å²) in [5.74, 6) is -0.552. The first kappa shape index (κ1) is 19.1. The van der Waals surface area contributed by atoms with Gasteiger partial charge in [-0.3, -0.25) is 9.20 Å². The van der Waals surface area contributed by atoms with E-state index < -0.39 is 5.97 Å². The summed E-state index contributed by atoms with van der Waals surface area (Å²) in [4.78, 5) is 29.5. The van der Waals surface area contributed by atoms with Crippen LogP contribution in [-0.2, 0) is 11.3 Å². The van der Waals surface area contributed by atoms with Crippen LogP contribution in [0.5, 0.6) is 0 Å². The lowest BCUT2D eigenvalue weighted by molar-refractivity contribution is 0.0468. The van der Waals surface area contributed by atoms with Crippen molar-refractivity contribution in [3.63, 3.8) is 0 Å². The van der Waals surface area contributed by atoms with Gasteiger partial charge in [0.05, 0.1) is 22.9 Å². The van der Waals surface area contributed by atoms with Crippen molar-refractivity contribution in [1.82, 2.24) is 9.38 Å². The summed E-state index contributed by atoms with van der Waals surface area (Å²) in [6.45, 7) is 1.76. The molecular weight excluding hydrogens is 378 g/mol. The Morgan fingerprint density at radius 2 is 1.80 bits per heavy atom. The van der Waals surface area contributed by atoms with E-state index in [2.05, 4.69) is 11.1 Å². The normalized spacial score (nSPS) is 10.5. The summed E-state index contributed by atoms with van der Waals surface area (Å²) < 4.78 is 6.90. The number of carbonyl (C=O) groups excluding carboxylic acids is 1. The Balaban J connectivity index is 1.62. The average molecular weight is 395 g/mol. The van der Waals surface area contributed by atoms with Gasteiger partial charge in [0.1, 0.15) is 12.3 Å². The molecule has 0 fully saturated rings. The zero-order valence-electron chi connectivity index (χ0n) is 16.2. The van der Waals surface area contributed by atoms with Gasteiger partial charge >= 0.3 is 5.97 Å². The number of esters is 1. The Hall–Kier alpha value is -4.24. The van der Waals surface area contributed by atoms with Gasteiger partial charge < -0.3 is 4.74 Å². The van der Waals surface area contributed by atoms with Crippen molar-refractivity contribution < 1.29 is 9.53 Å². The van der Waals surface area contributed by atoms with E-state index in [4.69, 9.17) is 4.74 Å². The van der Waals surface area contributed by atoms with Crippen molar-refractivity contribution in [1.29, 1.82) is 5.26 Å². The van der Waals surface area contributed by atoms with Crippen LogP contribution in [0.2, 0.25) is 0 Å². The third-order valence-corrected chi connectivity index (χ3v) is 4.70. The number of carbonyl (C=O) groups is 1. The highest BCUT2D eigenvalue weighted by Crippen LogP contribution is 2.27. The number of ether oxygens (including phenoxy) is 1. The fourth-order valence-corrected chi connectivity index (χ4v) is 3.26. The zero-order chi connectivity index (χ0) is 21.1. The van der Waals surface area contributed by atoms with Gasteiger partial charge in [-0.05, 0) is 36.2 Å². The van der Waals surface area contributed by atoms with Crippen molar-refractivity contribution in [2.75, 3.05) is 0 Å². The van der Waals surface area contributed by atoms with E-state index >= 15 is 0 Å². The molecule has 30 heavy (non-hydrogen) atoms. The van der Waals surface area contributed by atoms with Crippen molar-refractivity contribution >= 4 is 11.6 Å². The van der Waals surface area contributed by atoms with E-state index in [-0.39, 0.29) is 12.2 Å². The summed E-state index contributed by atoms with van der Waals surface area (Å²) >= 11 is 0. The van der Waals surface area contributed by atoms with Crippen LogP contribution in [0.25, 0.3) is 16.8 Å². The van der Waals surface area contributed by atoms with Crippen LogP contribution < -0.4 is 5.56 Å². The molecule has 2 aromatic heterocycles. The van der Waals surface area contributed by atoms with Gasteiger partial charge in [-0.25, -0.2) is 9.78 Å². The van der Waals surface area contributed by atoms with Gasteiger partial charge in [0.15, 0.2) is 0 Å². The third kappa shape index (κ3) is 3.69. The summed E-state index contributed by atoms with van der Waals surface area (Å²) in [5.41, 5.74) is 3.64. The van der Waals surface area contributed by atoms with Gasteiger partial charge in [0.25, 0.3) is 5.56 Å². The molecule has 0 atom stereocenters. The maximum atomic E-state index is 12.8. The molecule has 0 bridgehead atoms. The van der Waals surface area contributed by atoms with Crippen molar-refractivity contribution in [2.24, 2.45) is 0 Å². The van der Waals surface area contributed by atoms with Crippen LogP contribution in [0.4, 0.5) is 0 Å². The lowest BCUT2D eigenvalue weighted by Crippen LogP contribution is -2.17. The molecule has 0 unspecified atom stereocenters. The molecule has 0 aliphatic carbocycles. The van der Waals surface area contributed by atoms with E-state index in [1.54, 1.807) is 54.7 Å². The number of nitrogens with zero attached hydrogens (tertiary/aromatic N) is 3. The van der Waals surface area contributed by atoms with Gasteiger partial charge in [0, 0.05) is 17.8 Å². The first-order valence-corrected chi connectivity index (χ1v) is 9.31. The topological polar surface area (TPSA) is 84.5 Å². The molecule has 0 N–H and O–H groups in total. The standard InChI is InChI=1S/C24H17N3O3/c1-16-10-11-22-26-18(12-23(28)27(22)14-16)15-30-24(29)21-9-5-4-8-20(21)19-7-3-2-6-17(19)13-25/h2-12,14H,15H2,1H3. The zero-order valence-corrected chi connectivity index (χ0v) is 16.2. The maximum Gasteiger partial charge on any atom is 0.339 e. The quantitative estimate of drug-likeness (QED) is 0.489. The van der Waals surface area contributed by atoms with Gasteiger partial charge in [-0.1, -0.05) is 42.5 Å². The molecule has 6 nitrogen and oxygen atoms in total. The highest BCUT2D eigenvalue weighted by Gasteiger charge is 2.16. The first-order chi connectivity index (χ1) is 14.6. The summed E-state index contributed by atoms with van der Waals surface area (Å²) in [5, 5.41) is 9.38. The molecule has 146 valence electrons.